The fourth-order valence-electron chi connectivity index (χ4n) is 0.685. The second-order valence-electron chi connectivity index (χ2n) is 1.89. The van der Waals surface area contributed by atoms with Crippen molar-refractivity contribution in [2.45, 2.75) is 6.04 Å². The van der Waals surface area contributed by atoms with Crippen LogP contribution in [0.25, 0.3) is 0 Å². The Hall–Kier alpha value is 0.0969. The van der Waals surface area contributed by atoms with Gasteiger partial charge in [0.05, 0.1) is 0 Å². The third-order valence-corrected chi connectivity index (χ3v) is 2.44. The van der Waals surface area contributed by atoms with Gasteiger partial charge in [0.25, 0.3) is 0 Å². The quantitative estimate of drug-likeness (QED) is 0.537. The predicted octanol–water partition coefficient (Wildman–Crippen LogP) is 2.10. The molecule has 0 spiro atoms. The van der Waals surface area contributed by atoms with Gasteiger partial charge in [0.15, 0.2) is 0 Å². The van der Waals surface area contributed by atoms with Gasteiger partial charge in [-0.2, -0.15) is 0 Å². The van der Waals surface area contributed by atoms with E-state index < -0.39 is 0 Å². The van der Waals surface area contributed by atoms with Crippen LogP contribution in [-0.2, 0) is 6.04 Å². The van der Waals surface area contributed by atoms with Crippen LogP contribution < -0.4 is 0 Å². The molecule has 1 aromatic rings. The first-order chi connectivity index (χ1) is 4.75. The molecular formula is C7H5FISi. The number of halogens is 2. The lowest BCUT2D eigenvalue weighted by Gasteiger charge is -1.99. The topological polar surface area (TPSA) is 0 Å². The minimum atomic E-state index is -0.113. The number of benzene rings is 1. The molecule has 0 fully saturated rings. The molecule has 0 atom stereocenters. The highest BCUT2D eigenvalue weighted by Gasteiger charge is 2.01. The molecule has 1 rings (SSSR count). The van der Waals surface area contributed by atoms with E-state index in [-0.39, 0.29) is 5.82 Å². The van der Waals surface area contributed by atoms with Crippen molar-refractivity contribution in [1.82, 2.24) is 0 Å². The smallest absolute Gasteiger partial charge is 0.139 e. The van der Waals surface area contributed by atoms with Gasteiger partial charge in [0, 0.05) is 13.8 Å². The monoisotopic (exact) mass is 263 g/mol. The summed E-state index contributed by atoms with van der Waals surface area (Å²) >= 11 is 1.98. The van der Waals surface area contributed by atoms with Gasteiger partial charge in [-0.15, -0.1) is 0 Å². The van der Waals surface area contributed by atoms with E-state index >= 15 is 0 Å². The molecule has 0 aliphatic carbocycles. The molecule has 0 heterocycles. The molecule has 0 aromatic heterocycles. The largest absolute Gasteiger partial charge is 0.206 e. The molecule has 0 saturated heterocycles. The molecule has 0 aliphatic rings. The molecule has 0 saturated carbocycles. The number of hydrogen-bond acceptors (Lipinski definition) is 0. The van der Waals surface area contributed by atoms with Crippen molar-refractivity contribution in [3.63, 3.8) is 0 Å². The van der Waals surface area contributed by atoms with Crippen LogP contribution in [0.5, 0.6) is 0 Å². The number of hydrogen-bond donors (Lipinski definition) is 0. The maximum atomic E-state index is 13.0. The molecule has 0 amide bonds. The summed E-state index contributed by atoms with van der Waals surface area (Å²) in [4.78, 5) is 0. The third kappa shape index (κ3) is 1.57. The van der Waals surface area contributed by atoms with Crippen molar-refractivity contribution >= 4 is 32.8 Å². The van der Waals surface area contributed by atoms with Crippen LogP contribution in [0.1, 0.15) is 5.56 Å². The Labute approximate surface area is 76.4 Å². The molecule has 0 bridgehead atoms. The van der Waals surface area contributed by atoms with Crippen LogP contribution in [-0.4, -0.2) is 10.2 Å². The molecule has 0 unspecified atom stereocenters. The van der Waals surface area contributed by atoms with Gasteiger partial charge >= 0.3 is 0 Å². The Bertz CT molecular complexity index is 237. The maximum absolute atomic E-state index is 13.0. The summed E-state index contributed by atoms with van der Waals surface area (Å²) in [5.74, 6) is -0.113. The van der Waals surface area contributed by atoms with Crippen LogP contribution in [0.4, 0.5) is 4.39 Å². The van der Waals surface area contributed by atoms with E-state index in [0.717, 1.165) is 0 Å². The van der Waals surface area contributed by atoms with E-state index in [1.165, 1.54) is 0 Å². The summed E-state index contributed by atoms with van der Waals surface area (Å²) in [6, 6.07) is 5.94. The molecule has 0 N–H and O–H groups in total. The van der Waals surface area contributed by atoms with E-state index in [9.17, 15) is 4.39 Å². The highest BCUT2D eigenvalue weighted by atomic mass is 127. The second-order valence-corrected chi connectivity index (χ2v) is 3.41. The highest BCUT2D eigenvalue weighted by Crippen LogP contribution is 2.14. The molecule has 0 aliphatic heterocycles. The van der Waals surface area contributed by atoms with Crippen molar-refractivity contribution < 1.29 is 4.39 Å². The van der Waals surface area contributed by atoms with Gasteiger partial charge in [-0.05, 0) is 40.3 Å². The Morgan fingerprint density at radius 2 is 2.20 bits per heavy atom. The molecule has 51 valence electrons. The molecule has 10 heavy (non-hydrogen) atoms. The van der Waals surface area contributed by atoms with Gasteiger partial charge in [0.1, 0.15) is 5.82 Å². The minimum absolute atomic E-state index is 0.113. The summed E-state index contributed by atoms with van der Waals surface area (Å²) in [6.45, 7) is 0. The Kier molecular flexibility index (Phi) is 2.85. The molecule has 1 aromatic carbocycles. The summed E-state index contributed by atoms with van der Waals surface area (Å²) in [5.41, 5.74) is 0.712. The lowest BCUT2D eigenvalue weighted by molar-refractivity contribution is 0.609. The summed E-state index contributed by atoms with van der Waals surface area (Å²) < 4.78 is 13.6. The van der Waals surface area contributed by atoms with Crippen molar-refractivity contribution in [3.8, 4) is 0 Å². The zero-order valence-corrected chi connectivity index (χ0v) is 8.35. The van der Waals surface area contributed by atoms with Crippen molar-refractivity contribution in [2.75, 3.05) is 0 Å². The standard InChI is InChI=1S/C7H5FISi/c8-7-5(4-10)2-1-3-6(7)9/h1-3H,4H2. The SMILES string of the molecule is Fc1c(I)cccc1C[Si]. The third-order valence-electron chi connectivity index (χ3n) is 1.22. The zero-order chi connectivity index (χ0) is 7.56. The van der Waals surface area contributed by atoms with Crippen LogP contribution in [0.15, 0.2) is 18.2 Å². The number of rotatable bonds is 1. The molecular weight excluding hydrogens is 258 g/mol. The maximum Gasteiger partial charge on any atom is 0.139 e. The van der Waals surface area contributed by atoms with E-state index in [0.29, 0.717) is 15.2 Å². The molecule has 3 heteroatoms. The van der Waals surface area contributed by atoms with Crippen LogP contribution in [0.3, 0.4) is 0 Å². The first kappa shape index (κ1) is 8.20. The lowest BCUT2D eigenvalue weighted by Crippen LogP contribution is -1.91. The Morgan fingerprint density at radius 1 is 1.50 bits per heavy atom. The predicted molar refractivity (Wildman–Crippen MR) is 48.6 cm³/mol. The summed E-state index contributed by atoms with van der Waals surface area (Å²) in [7, 11) is 3.25. The van der Waals surface area contributed by atoms with Crippen molar-refractivity contribution in [1.29, 1.82) is 0 Å². The fraction of sp³-hybridized carbons (Fsp3) is 0.143. The molecule has 3 radical (unpaired) electrons. The highest BCUT2D eigenvalue weighted by molar-refractivity contribution is 14.1. The first-order valence-electron chi connectivity index (χ1n) is 2.83. The van der Waals surface area contributed by atoms with E-state index in [2.05, 4.69) is 10.2 Å². The summed E-state index contributed by atoms with van der Waals surface area (Å²) in [5, 5.41) is 0. The zero-order valence-electron chi connectivity index (χ0n) is 5.20. The van der Waals surface area contributed by atoms with Gasteiger partial charge < -0.3 is 0 Å². The van der Waals surface area contributed by atoms with Gasteiger partial charge in [0.2, 0.25) is 0 Å². The summed E-state index contributed by atoms with van der Waals surface area (Å²) in [6.07, 6.45) is 0. The van der Waals surface area contributed by atoms with Crippen LogP contribution in [0.2, 0.25) is 0 Å². The first-order valence-corrected chi connectivity index (χ1v) is 4.61. The van der Waals surface area contributed by atoms with Crippen LogP contribution in [0, 0.1) is 9.39 Å². The van der Waals surface area contributed by atoms with E-state index in [1.807, 2.05) is 28.7 Å². The average Bonchev–Trinajstić information content (AvgIpc) is 1.95. The van der Waals surface area contributed by atoms with Crippen molar-refractivity contribution in [2.24, 2.45) is 0 Å². The second kappa shape index (κ2) is 3.48. The fourth-order valence-corrected chi connectivity index (χ4v) is 1.51. The lowest BCUT2D eigenvalue weighted by atomic mass is 10.2. The average molecular weight is 263 g/mol. The van der Waals surface area contributed by atoms with Crippen LogP contribution >= 0.6 is 22.6 Å². The Morgan fingerprint density at radius 3 is 2.70 bits per heavy atom. The van der Waals surface area contributed by atoms with E-state index in [4.69, 9.17) is 0 Å². The van der Waals surface area contributed by atoms with Gasteiger partial charge in [-0.25, -0.2) is 4.39 Å². The minimum Gasteiger partial charge on any atom is -0.206 e. The Balaban J connectivity index is 3.14. The van der Waals surface area contributed by atoms with E-state index in [1.54, 1.807) is 12.1 Å². The van der Waals surface area contributed by atoms with Crippen molar-refractivity contribution in [3.05, 3.63) is 33.1 Å². The van der Waals surface area contributed by atoms with Gasteiger partial charge in [-0.1, -0.05) is 12.1 Å². The molecule has 0 nitrogen and oxygen atoms in total. The normalized spacial score (nSPS) is 9.90. The van der Waals surface area contributed by atoms with Gasteiger partial charge in [-0.3, -0.25) is 0 Å².